The Morgan fingerprint density at radius 1 is 1.38 bits per heavy atom. The van der Waals surface area contributed by atoms with Crippen LogP contribution in [0, 0.1) is 5.92 Å². The van der Waals surface area contributed by atoms with Crippen LogP contribution < -0.4 is 0 Å². The summed E-state index contributed by atoms with van der Waals surface area (Å²) in [5.41, 5.74) is 2.55. The topological polar surface area (TPSA) is 58.2 Å². The monoisotopic (exact) mass is 293 g/mol. The Bertz CT molecular complexity index is 508. The van der Waals surface area contributed by atoms with Crippen molar-refractivity contribution >= 4 is 5.91 Å². The van der Waals surface area contributed by atoms with Gasteiger partial charge in [0.25, 0.3) is 5.91 Å². The van der Waals surface area contributed by atoms with Gasteiger partial charge in [0.05, 0.1) is 17.9 Å². The second-order valence-electron chi connectivity index (χ2n) is 6.70. The van der Waals surface area contributed by atoms with Crippen LogP contribution in [-0.2, 0) is 11.2 Å². The maximum Gasteiger partial charge on any atom is 0.274 e. The first-order valence-electron chi connectivity index (χ1n) is 7.84. The highest BCUT2D eigenvalue weighted by molar-refractivity contribution is 5.94. The van der Waals surface area contributed by atoms with Crippen LogP contribution in [0.2, 0.25) is 0 Å². The second-order valence-corrected chi connectivity index (χ2v) is 6.70. The van der Waals surface area contributed by atoms with Crippen molar-refractivity contribution in [3.8, 4) is 0 Å². The number of aromatic amines is 1. The summed E-state index contributed by atoms with van der Waals surface area (Å²) in [6, 6.07) is 0.168. The van der Waals surface area contributed by atoms with Crippen molar-refractivity contribution < 1.29 is 9.53 Å². The molecule has 0 fully saturated rings. The molecule has 0 aromatic carbocycles. The Hall–Kier alpha value is -1.36. The van der Waals surface area contributed by atoms with Crippen LogP contribution in [0.5, 0.6) is 0 Å². The van der Waals surface area contributed by atoms with Crippen LogP contribution in [-0.4, -0.2) is 39.7 Å². The lowest BCUT2D eigenvalue weighted by molar-refractivity contribution is -0.00703. The maximum absolute atomic E-state index is 12.9. The number of nitrogens with one attached hydrogen (secondary N) is 1. The average molecular weight is 293 g/mol. The van der Waals surface area contributed by atoms with Crippen molar-refractivity contribution in [2.24, 2.45) is 5.92 Å². The zero-order chi connectivity index (χ0) is 15.7. The molecule has 1 N–H and O–H groups in total. The van der Waals surface area contributed by atoms with Gasteiger partial charge in [0.1, 0.15) is 0 Å². The molecule has 1 aromatic heterocycles. The highest BCUT2D eigenvalue weighted by atomic mass is 16.5. The maximum atomic E-state index is 12.9. The van der Waals surface area contributed by atoms with Crippen molar-refractivity contribution in [2.45, 2.75) is 66.2 Å². The van der Waals surface area contributed by atoms with Gasteiger partial charge in [0.15, 0.2) is 5.69 Å². The third-order valence-electron chi connectivity index (χ3n) is 3.88. The molecular weight excluding hydrogens is 266 g/mol. The Labute approximate surface area is 127 Å². The number of hydrogen-bond acceptors (Lipinski definition) is 3. The summed E-state index contributed by atoms with van der Waals surface area (Å²) in [4.78, 5) is 14.8. The molecule has 1 aliphatic heterocycles. The minimum Gasteiger partial charge on any atom is -0.369 e. The Kier molecular flexibility index (Phi) is 4.71. The van der Waals surface area contributed by atoms with Crippen molar-refractivity contribution in [2.75, 3.05) is 6.54 Å². The minimum atomic E-state index is -0.0320. The molecule has 0 saturated heterocycles. The summed E-state index contributed by atoms with van der Waals surface area (Å²) >= 11 is 0. The summed E-state index contributed by atoms with van der Waals surface area (Å²) < 4.78 is 5.78. The number of rotatable bonds is 4. The molecule has 1 amide bonds. The van der Waals surface area contributed by atoms with Gasteiger partial charge in [-0.15, -0.1) is 0 Å². The molecular formula is C16H27N3O2. The van der Waals surface area contributed by atoms with Crippen LogP contribution in [0.25, 0.3) is 0 Å². The molecule has 2 rings (SSSR count). The fraction of sp³-hybridized carbons (Fsp3) is 0.750. The molecule has 21 heavy (non-hydrogen) atoms. The predicted octanol–water partition coefficient (Wildman–Crippen LogP) is 2.94. The van der Waals surface area contributed by atoms with E-state index in [1.807, 2.05) is 32.6 Å². The highest BCUT2D eigenvalue weighted by Gasteiger charge is 2.32. The number of amides is 1. The molecule has 0 spiro atoms. The smallest absolute Gasteiger partial charge is 0.274 e. The Morgan fingerprint density at radius 3 is 2.62 bits per heavy atom. The molecule has 5 heteroatoms. The summed E-state index contributed by atoms with van der Waals surface area (Å²) in [6.45, 7) is 13.1. The van der Waals surface area contributed by atoms with Crippen LogP contribution in [0.3, 0.4) is 0 Å². The van der Waals surface area contributed by atoms with Crippen LogP contribution in [0.1, 0.15) is 69.4 Å². The van der Waals surface area contributed by atoms with E-state index in [4.69, 9.17) is 4.74 Å². The van der Waals surface area contributed by atoms with Gasteiger partial charge in [-0.25, -0.2) is 0 Å². The quantitative estimate of drug-likeness (QED) is 0.928. The first-order chi connectivity index (χ1) is 9.81. The van der Waals surface area contributed by atoms with Crippen LogP contribution in [0.15, 0.2) is 0 Å². The molecule has 1 aromatic rings. The van der Waals surface area contributed by atoms with E-state index in [-0.39, 0.29) is 24.2 Å². The molecule has 0 saturated carbocycles. The molecule has 0 radical (unpaired) electrons. The van der Waals surface area contributed by atoms with E-state index in [0.29, 0.717) is 11.6 Å². The van der Waals surface area contributed by atoms with E-state index < -0.39 is 0 Å². The van der Waals surface area contributed by atoms with Gasteiger partial charge in [-0.05, 0) is 33.6 Å². The van der Waals surface area contributed by atoms with E-state index >= 15 is 0 Å². The van der Waals surface area contributed by atoms with Crippen LogP contribution in [0.4, 0.5) is 0 Å². The van der Waals surface area contributed by atoms with E-state index in [9.17, 15) is 4.79 Å². The van der Waals surface area contributed by atoms with Gasteiger partial charge in [0, 0.05) is 24.6 Å². The van der Waals surface area contributed by atoms with Gasteiger partial charge in [-0.3, -0.25) is 9.89 Å². The first-order valence-corrected chi connectivity index (χ1v) is 7.84. The van der Waals surface area contributed by atoms with Gasteiger partial charge in [0.2, 0.25) is 0 Å². The fourth-order valence-corrected chi connectivity index (χ4v) is 2.91. The lowest BCUT2D eigenvalue weighted by atomic mass is 9.99. The number of hydrogen-bond donors (Lipinski definition) is 1. The molecule has 0 unspecified atom stereocenters. The normalized spacial score (nSPS) is 21.7. The molecule has 118 valence electrons. The number of nitrogens with zero attached hydrogens (tertiary/aromatic N) is 2. The third kappa shape index (κ3) is 3.28. The van der Waals surface area contributed by atoms with Crippen molar-refractivity contribution in [1.82, 2.24) is 15.1 Å². The Morgan fingerprint density at radius 2 is 2.05 bits per heavy atom. The van der Waals surface area contributed by atoms with Crippen LogP contribution >= 0.6 is 0 Å². The van der Waals surface area contributed by atoms with E-state index in [1.54, 1.807) is 0 Å². The number of fused-ring (bicyclic) bond motifs is 1. The zero-order valence-corrected chi connectivity index (χ0v) is 13.9. The third-order valence-corrected chi connectivity index (χ3v) is 3.88. The molecule has 0 bridgehead atoms. The number of ether oxygens (including phenoxy) is 1. The summed E-state index contributed by atoms with van der Waals surface area (Å²) in [5.74, 6) is 0.463. The van der Waals surface area contributed by atoms with Crippen molar-refractivity contribution in [1.29, 1.82) is 0 Å². The fourth-order valence-electron chi connectivity index (χ4n) is 2.91. The highest BCUT2D eigenvalue weighted by Crippen LogP contribution is 2.30. The molecule has 5 nitrogen and oxygen atoms in total. The lowest BCUT2D eigenvalue weighted by Crippen LogP contribution is -2.40. The molecule has 1 aliphatic rings. The van der Waals surface area contributed by atoms with Gasteiger partial charge in [-0.1, -0.05) is 13.8 Å². The van der Waals surface area contributed by atoms with Gasteiger partial charge >= 0.3 is 0 Å². The largest absolute Gasteiger partial charge is 0.369 e. The van der Waals surface area contributed by atoms with Crippen molar-refractivity contribution in [3.05, 3.63) is 17.0 Å². The number of aromatic nitrogens is 2. The standard InChI is InChI=1S/C16H27N3O2/c1-9(2)8-19(10(3)4)16(20)15-13-7-11(5)21-12(6)14(13)17-18-15/h9-12H,7-8H2,1-6H3,(H,17,18)/t11-,12+/m0/s1. The lowest BCUT2D eigenvalue weighted by Gasteiger charge is -2.29. The predicted molar refractivity (Wildman–Crippen MR) is 82.3 cm³/mol. The summed E-state index contributed by atoms with van der Waals surface area (Å²) in [7, 11) is 0. The minimum absolute atomic E-state index is 0.0255. The number of carbonyl (C=O) groups is 1. The first kappa shape index (κ1) is 16.0. The Balaban J connectivity index is 2.31. The zero-order valence-electron chi connectivity index (χ0n) is 13.9. The molecule has 0 aliphatic carbocycles. The second kappa shape index (κ2) is 6.18. The summed E-state index contributed by atoms with van der Waals surface area (Å²) in [5, 5.41) is 7.30. The van der Waals surface area contributed by atoms with Gasteiger partial charge in [-0.2, -0.15) is 5.10 Å². The summed E-state index contributed by atoms with van der Waals surface area (Å²) in [6.07, 6.45) is 0.829. The van der Waals surface area contributed by atoms with Crippen molar-refractivity contribution in [3.63, 3.8) is 0 Å². The SMILES string of the molecule is CC(C)CN(C(=O)c1n[nH]c2c1C[C@H](C)O[C@@H]2C)C(C)C. The number of carbonyl (C=O) groups excluding carboxylic acids is 1. The van der Waals surface area contributed by atoms with E-state index in [1.165, 1.54) is 0 Å². The average Bonchev–Trinajstić information content (AvgIpc) is 2.78. The molecule has 2 heterocycles. The van der Waals surface area contributed by atoms with E-state index in [0.717, 1.165) is 24.2 Å². The molecule has 2 atom stereocenters. The van der Waals surface area contributed by atoms with Gasteiger partial charge < -0.3 is 9.64 Å². The number of H-pyrrole nitrogens is 1. The van der Waals surface area contributed by atoms with E-state index in [2.05, 4.69) is 24.0 Å².